The summed E-state index contributed by atoms with van der Waals surface area (Å²) in [5.41, 5.74) is 2.05. The van der Waals surface area contributed by atoms with E-state index in [9.17, 15) is 10.2 Å². The first-order chi connectivity index (χ1) is 7.52. The van der Waals surface area contributed by atoms with Gasteiger partial charge in [-0.25, -0.2) is 0 Å². The second-order valence-corrected chi connectivity index (χ2v) is 3.73. The van der Waals surface area contributed by atoms with Gasteiger partial charge in [-0.2, -0.15) is 0 Å². The highest BCUT2D eigenvalue weighted by atomic mass is 16.5. The van der Waals surface area contributed by atoms with Crippen LogP contribution in [-0.2, 0) is 11.3 Å². The van der Waals surface area contributed by atoms with Crippen molar-refractivity contribution in [3.8, 4) is 11.5 Å². The zero-order valence-electron chi connectivity index (χ0n) is 10.1. The third kappa shape index (κ3) is 2.28. The predicted molar refractivity (Wildman–Crippen MR) is 60.7 cm³/mol. The van der Waals surface area contributed by atoms with Gasteiger partial charge in [0, 0.05) is 18.2 Å². The number of benzene rings is 1. The molecular weight excluding hydrogens is 208 g/mol. The summed E-state index contributed by atoms with van der Waals surface area (Å²) >= 11 is 0. The molecule has 1 rings (SSSR count). The van der Waals surface area contributed by atoms with Crippen LogP contribution in [0.3, 0.4) is 0 Å². The summed E-state index contributed by atoms with van der Waals surface area (Å²) < 4.78 is 10.3. The molecule has 0 aliphatic carbocycles. The zero-order chi connectivity index (χ0) is 12.3. The monoisotopic (exact) mass is 226 g/mol. The van der Waals surface area contributed by atoms with Gasteiger partial charge in [-0.05, 0) is 25.5 Å². The first-order valence-electron chi connectivity index (χ1n) is 5.09. The number of phenols is 1. The lowest BCUT2D eigenvalue weighted by Gasteiger charge is -2.18. The van der Waals surface area contributed by atoms with E-state index in [4.69, 9.17) is 9.47 Å². The first kappa shape index (κ1) is 12.8. The number of hydrogen-bond acceptors (Lipinski definition) is 4. The number of aliphatic hydroxyl groups is 1. The maximum Gasteiger partial charge on any atom is 0.131 e. The fraction of sp³-hybridized carbons (Fsp3) is 0.500. The van der Waals surface area contributed by atoms with Crippen molar-refractivity contribution in [1.82, 2.24) is 0 Å². The maximum absolute atomic E-state index is 9.72. The van der Waals surface area contributed by atoms with Gasteiger partial charge in [0.25, 0.3) is 0 Å². The smallest absolute Gasteiger partial charge is 0.131 e. The Morgan fingerprint density at radius 2 is 2.00 bits per heavy atom. The first-order valence-corrected chi connectivity index (χ1v) is 5.09. The summed E-state index contributed by atoms with van der Waals surface area (Å²) in [5.74, 6) is 0.686. The van der Waals surface area contributed by atoms with Gasteiger partial charge in [-0.1, -0.05) is 0 Å². The quantitative estimate of drug-likeness (QED) is 0.823. The van der Waals surface area contributed by atoms with E-state index >= 15 is 0 Å². The molecule has 0 saturated heterocycles. The largest absolute Gasteiger partial charge is 0.508 e. The Hall–Kier alpha value is -1.26. The number of aliphatic hydroxyl groups excluding tert-OH is 1. The molecule has 90 valence electrons. The highest BCUT2D eigenvalue weighted by Gasteiger charge is 2.18. The number of ether oxygens (including phenoxy) is 2. The van der Waals surface area contributed by atoms with Crippen LogP contribution in [0.5, 0.6) is 11.5 Å². The molecule has 0 bridgehead atoms. The Balaban J connectivity index is 3.42. The molecule has 0 heterocycles. The maximum atomic E-state index is 9.72. The number of methoxy groups -OCH3 is 2. The molecule has 1 atom stereocenters. The van der Waals surface area contributed by atoms with E-state index in [2.05, 4.69) is 0 Å². The molecule has 1 aromatic rings. The molecule has 0 aliphatic rings. The fourth-order valence-electron chi connectivity index (χ4n) is 1.76. The van der Waals surface area contributed by atoms with Crippen LogP contribution in [0, 0.1) is 6.92 Å². The zero-order valence-corrected chi connectivity index (χ0v) is 10.1. The fourth-order valence-corrected chi connectivity index (χ4v) is 1.76. The van der Waals surface area contributed by atoms with Crippen molar-refractivity contribution in [3.63, 3.8) is 0 Å². The van der Waals surface area contributed by atoms with E-state index in [1.165, 1.54) is 7.11 Å². The summed E-state index contributed by atoms with van der Waals surface area (Å²) in [6, 6.07) is 1.55. The Morgan fingerprint density at radius 3 is 2.44 bits per heavy atom. The van der Waals surface area contributed by atoms with E-state index < -0.39 is 6.10 Å². The number of aromatic hydroxyl groups is 1. The Kier molecular flexibility index (Phi) is 4.15. The summed E-state index contributed by atoms with van der Waals surface area (Å²) in [6.07, 6.45) is -0.675. The van der Waals surface area contributed by atoms with Crippen molar-refractivity contribution in [1.29, 1.82) is 0 Å². The summed E-state index contributed by atoms with van der Waals surface area (Å²) in [5, 5.41) is 19.4. The van der Waals surface area contributed by atoms with Gasteiger partial charge in [0.2, 0.25) is 0 Å². The van der Waals surface area contributed by atoms with E-state index in [0.717, 1.165) is 5.56 Å². The van der Waals surface area contributed by atoms with E-state index in [0.29, 0.717) is 23.5 Å². The molecule has 0 aromatic heterocycles. The van der Waals surface area contributed by atoms with Crippen molar-refractivity contribution in [2.24, 2.45) is 0 Å². The van der Waals surface area contributed by atoms with Crippen LogP contribution < -0.4 is 4.74 Å². The topological polar surface area (TPSA) is 58.9 Å². The predicted octanol–water partition coefficient (Wildman–Crippen LogP) is 1.91. The van der Waals surface area contributed by atoms with Crippen molar-refractivity contribution in [2.75, 3.05) is 14.2 Å². The molecule has 0 spiro atoms. The average molecular weight is 226 g/mol. The Morgan fingerprint density at radius 1 is 1.38 bits per heavy atom. The minimum absolute atomic E-state index is 0.118. The molecule has 0 amide bonds. The Labute approximate surface area is 95.4 Å². The summed E-state index contributed by atoms with van der Waals surface area (Å²) in [4.78, 5) is 0. The number of hydrogen-bond donors (Lipinski definition) is 2. The lowest BCUT2D eigenvalue weighted by atomic mass is 9.98. The molecule has 0 aliphatic heterocycles. The van der Waals surface area contributed by atoms with Gasteiger partial charge in [0.15, 0.2) is 0 Å². The third-order valence-electron chi connectivity index (χ3n) is 2.58. The minimum atomic E-state index is -0.675. The third-order valence-corrected chi connectivity index (χ3v) is 2.58. The van der Waals surface area contributed by atoms with Gasteiger partial charge in [-0.3, -0.25) is 0 Å². The second-order valence-electron chi connectivity index (χ2n) is 3.73. The van der Waals surface area contributed by atoms with Gasteiger partial charge in [0.1, 0.15) is 11.5 Å². The number of rotatable bonds is 4. The standard InChI is InChI=1S/C12H18O4/c1-7-11(14)5-9(8(2)13)10(6-15-3)12(7)16-4/h5,8,13-14H,6H2,1-4H3/t8-/m0/s1. The van der Waals surface area contributed by atoms with Crippen LogP contribution in [0.4, 0.5) is 0 Å². The van der Waals surface area contributed by atoms with Crippen LogP contribution in [0.1, 0.15) is 29.7 Å². The molecule has 1 aromatic carbocycles. The SMILES string of the molecule is COCc1c([C@H](C)O)cc(O)c(C)c1OC. The highest BCUT2D eigenvalue weighted by Crippen LogP contribution is 2.36. The minimum Gasteiger partial charge on any atom is -0.508 e. The van der Waals surface area contributed by atoms with Gasteiger partial charge in [-0.15, -0.1) is 0 Å². The highest BCUT2D eigenvalue weighted by molar-refractivity contribution is 5.53. The van der Waals surface area contributed by atoms with Crippen LogP contribution in [0.25, 0.3) is 0 Å². The second kappa shape index (κ2) is 5.18. The molecule has 0 saturated carbocycles. The molecular formula is C12H18O4. The molecule has 0 radical (unpaired) electrons. The van der Waals surface area contributed by atoms with Crippen LogP contribution in [0.15, 0.2) is 6.07 Å². The molecule has 2 N–H and O–H groups in total. The Bertz CT molecular complexity index is 372. The number of phenolic OH excluding ortho intramolecular Hbond substituents is 1. The average Bonchev–Trinajstić information content (AvgIpc) is 2.23. The summed E-state index contributed by atoms with van der Waals surface area (Å²) in [6.45, 7) is 3.74. The van der Waals surface area contributed by atoms with Gasteiger partial charge >= 0.3 is 0 Å². The van der Waals surface area contributed by atoms with Gasteiger partial charge < -0.3 is 19.7 Å². The van der Waals surface area contributed by atoms with E-state index in [1.54, 1.807) is 27.0 Å². The molecule has 4 heteroatoms. The van der Waals surface area contributed by atoms with Crippen LogP contribution >= 0.6 is 0 Å². The molecule has 0 fully saturated rings. The molecule has 16 heavy (non-hydrogen) atoms. The normalized spacial score (nSPS) is 12.6. The van der Waals surface area contributed by atoms with Crippen LogP contribution in [0.2, 0.25) is 0 Å². The van der Waals surface area contributed by atoms with Crippen LogP contribution in [-0.4, -0.2) is 24.4 Å². The van der Waals surface area contributed by atoms with Crippen molar-refractivity contribution in [3.05, 3.63) is 22.8 Å². The van der Waals surface area contributed by atoms with Gasteiger partial charge in [0.05, 0.1) is 19.8 Å². The van der Waals surface area contributed by atoms with E-state index in [-0.39, 0.29) is 5.75 Å². The van der Waals surface area contributed by atoms with Crippen molar-refractivity contribution < 1.29 is 19.7 Å². The van der Waals surface area contributed by atoms with Crippen molar-refractivity contribution in [2.45, 2.75) is 26.6 Å². The molecule has 0 unspecified atom stereocenters. The van der Waals surface area contributed by atoms with Crippen molar-refractivity contribution >= 4 is 0 Å². The summed E-state index contributed by atoms with van der Waals surface area (Å²) in [7, 11) is 3.11. The lowest BCUT2D eigenvalue weighted by molar-refractivity contribution is 0.167. The lowest BCUT2D eigenvalue weighted by Crippen LogP contribution is -2.04. The van der Waals surface area contributed by atoms with E-state index in [1.807, 2.05) is 0 Å². The molecule has 4 nitrogen and oxygen atoms in total.